The lowest BCUT2D eigenvalue weighted by atomic mass is 9.81. The number of halogens is 1. The average molecular weight is 522 g/mol. The van der Waals surface area contributed by atoms with Crippen LogP contribution in [0, 0.1) is 25.6 Å². The van der Waals surface area contributed by atoms with Gasteiger partial charge in [0.2, 0.25) is 5.91 Å². The standard InChI is InChI=1S/C27H32FN7O3/c1-6-20(18-11-15(2)23(28)16(3)12-18)32-27(38)35-24(26(37)33(4)22-8-10-31-34(22)5)19(25(35)36)13-17-7-9-30-21(29)14-17/h7-12,14,19-20,24H,6,13H2,1-5H3,(H2,29,30)(H,32,38)/t19-,20-,24+/m1/s1. The molecule has 0 radical (unpaired) electrons. The largest absolute Gasteiger partial charge is 0.384 e. The van der Waals surface area contributed by atoms with E-state index in [0.29, 0.717) is 29.2 Å². The lowest BCUT2D eigenvalue weighted by Gasteiger charge is -2.46. The Kier molecular flexibility index (Phi) is 7.47. The summed E-state index contributed by atoms with van der Waals surface area (Å²) in [5.41, 5.74) is 8.20. The van der Waals surface area contributed by atoms with Crippen LogP contribution in [-0.2, 0) is 23.1 Å². The number of pyridine rings is 1. The van der Waals surface area contributed by atoms with Crippen LogP contribution in [0.4, 0.5) is 20.8 Å². The number of likely N-dealkylation sites (tertiary alicyclic amines) is 1. The zero-order valence-corrected chi connectivity index (χ0v) is 22.1. The summed E-state index contributed by atoms with van der Waals surface area (Å²) in [5.74, 6) is -1.12. The van der Waals surface area contributed by atoms with E-state index in [1.165, 1.54) is 15.8 Å². The molecule has 4 amide bonds. The fourth-order valence-electron chi connectivity index (χ4n) is 4.96. The molecular formula is C27H32FN7O3. The summed E-state index contributed by atoms with van der Waals surface area (Å²) in [6, 6.07) is 6.23. The SMILES string of the molecule is CC[C@@H](NC(=O)N1C(=O)[C@H](Cc2ccnc(N)c2)[C@H]1C(=O)N(C)c1ccnn1C)c1cc(C)c(F)c(C)c1. The maximum atomic E-state index is 14.2. The molecule has 4 rings (SSSR count). The first-order valence-corrected chi connectivity index (χ1v) is 12.4. The van der Waals surface area contributed by atoms with Crippen LogP contribution in [-0.4, -0.2) is 50.6 Å². The summed E-state index contributed by atoms with van der Waals surface area (Å²) in [7, 11) is 3.28. The van der Waals surface area contributed by atoms with Crippen molar-refractivity contribution in [1.82, 2.24) is 25.0 Å². The fourth-order valence-corrected chi connectivity index (χ4v) is 4.96. The molecule has 1 aliphatic heterocycles. The number of likely N-dealkylation sites (N-methyl/N-ethyl adjacent to an activating group) is 1. The highest BCUT2D eigenvalue weighted by molar-refractivity contribution is 6.12. The normalized spacial score (nSPS) is 17.6. The van der Waals surface area contributed by atoms with E-state index in [2.05, 4.69) is 15.4 Å². The number of β-lactam (4-membered cyclic amide) rings is 1. The number of hydrogen-bond acceptors (Lipinski definition) is 6. The molecule has 1 fully saturated rings. The van der Waals surface area contributed by atoms with Gasteiger partial charge in [0.25, 0.3) is 5.91 Å². The number of benzene rings is 1. The third-order valence-electron chi connectivity index (χ3n) is 7.02. The summed E-state index contributed by atoms with van der Waals surface area (Å²) >= 11 is 0. The molecule has 3 aromatic rings. The molecule has 3 heterocycles. The molecule has 0 spiro atoms. The summed E-state index contributed by atoms with van der Waals surface area (Å²) in [6.07, 6.45) is 3.82. The zero-order valence-electron chi connectivity index (χ0n) is 22.1. The van der Waals surface area contributed by atoms with Crippen molar-refractivity contribution in [2.75, 3.05) is 17.7 Å². The van der Waals surface area contributed by atoms with Crippen LogP contribution in [0.25, 0.3) is 0 Å². The number of anilines is 2. The summed E-state index contributed by atoms with van der Waals surface area (Å²) < 4.78 is 15.7. The Balaban J connectivity index is 1.62. The average Bonchev–Trinajstić information content (AvgIpc) is 3.31. The predicted octanol–water partition coefficient (Wildman–Crippen LogP) is 3.05. The third-order valence-corrected chi connectivity index (χ3v) is 7.02. The summed E-state index contributed by atoms with van der Waals surface area (Å²) in [6.45, 7) is 5.21. The molecule has 0 saturated carbocycles. The van der Waals surface area contributed by atoms with Gasteiger partial charge in [-0.05, 0) is 61.1 Å². The number of nitrogens with one attached hydrogen (secondary N) is 1. The van der Waals surface area contributed by atoms with Gasteiger partial charge >= 0.3 is 6.03 Å². The number of aryl methyl sites for hydroxylation is 3. The van der Waals surface area contributed by atoms with E-state index in [1.54, 1.807) is 64.5 Å². The third kappa shape index (κ3) is 4.96. The van der Waals surface area contributed by atoms with Crippen LogP contribution >= 0.6 is 0 Å². The highest BCUT2D eigenvalue weighted by Gasteiger charge is 2.55. The molecular weight excluding hydrogens is 489 g/mol. The lowest BCUT2D eigenvalue weighted by molar-refractivity contribution is -0.156. The van der Waals surface area contributed by atoms with Crippen LogP contribution in [0.5, 0.6) is 0 Å². The number of nitrogens with zero attached hydrogens (tertiary/aromatic N) is 5. The molecule has 3 atom stereocenters. The molecule has 1 aromatic carbocycles. The number of urea groups is 1. The number of carbonyl (C=O) groups excluding carboxylic acids is 3. The smallest absolute Gasteiger partial charge is 0.325 e. The van der Waals surface area contributed by atoms with Gasteiger partial charge < -0.3 is 11.1 Å². The quantitative estimate of drug-likeness (QED) is 0.460. The van der Waals surface area contributed by atoms with Gasteiger partial charge in [-0.25, -0.2) is 14.2 Å². The maximum Gasteiger partial charge on any atom is 0.325 e. The van der Waals surface area contributed by atoms with E-state index in [4.69, 9.17) is 5.73 Å². The molecule has 2 aromatic heterocycles. The van der Waals surface area contributed by atoms with Crippen molar-refractivity contribution in [2.45, 2.75) is 45.7 Å². The maximum absolute atomic E-state index is 14.2. The van der Waals surface area contributed by atoms with Crippen molar-refractivity contribution in [3.63, 3.8) is 0 Å². The molecule has 11 heteroatoms. The molecule has 0 bridgehead atoms. The van der Waals surface area contributed by atoms with E-state index in [0.717, 1.165) is 16.0 Å². The van der Waals surface area contributed by atoms with Crippen LogP contribution in [0.2, 0.25) is 0 Å². The second-order valence-corrected chi connectivity index (χ2v) is 9.64. The Labute approximate surface area is 220 Å². The molecule has 0 unspecified atom stereocenters. The van der Waals surface area contributed by atoms with Crippen molar-refractivity contribution >= 4 is 29.5 Å². The van der Waals surface area contributed by atoms with Crippen LogP contribution in [0.1, 0.15) is 41.6 Å². The van der Waals surface area contributed by atoms with Crippen molar-refractivity contribution < 1.29 is 18.8 Å². The molecule has 1 aliphatic rings. The first-order valence-electron chi connectivity index (χ1n) is 12.4. The van der Waals surface area contributed by atoms with E-state index in [1.807, 2.05) is 6.92 Å². The van der Waals surface area contributed by atoms with Crippen LogP contribution in [0.3, 0.4) is 0 Å². The van der Waals surface area contributed by atoms with E-state index in [-0.39, 0.29) is 12.2 Å². The van der Waals surface area contributed by atoms with Gasteiger partial charge in [0.1, 0.15) is 23.5 Å². The molecule has 200 valence electrons. The molecule has 3 N–H and O–H groups in total. The van der Waals surface area contributed by atoms with Crippen molar-refractivity contribution in [1.29, 1.82) is 0 Å². The van der Waals surface area contributed by atoms with Crippen molar-refractivity contribution in [3.8, 4) is 0 Å². The lowest BCUT2D eigenvalue weighted by Crippen LogP contribution is -2.70. The topological polar surface area (TPSA) is 126 Å². The Hall–Kier alpha value is -4.28. The number of hydrogen-bond donors (Lipinski definition) is 2. The van der Waals surface area contributed by atoms with Gasteiger partial charge in [0.05, 0.1) is 18.2 Å². The number of amides is 4. The molecule has 38 heavy (non-hydrogen) atoms. The Morgan fingerprint density at radius 1 is 1.18 bits per heavy atom. The van der Waals surface area contributed by atoms with Gasteiger partial charge in [-0.2, -0.15) is 5.10 Å². The first kappa shape index (κ1) is 26.8. The zero-order chi connectivity index (χ0) is 27.7. The minimum absolute atomic E-state index is 0.221. The van der Waals surface area contributed by atoms with E-state index >= 15 is 0 Å². The second kappa shape index (κ2) is 10.6. The first-order chi connectivity index (χ1) is 18.0. The Morgan fingerprint density at radius 3 is 2.45 bits per heavy atom. The predicted molar refractivity (Wildman–Crippen MR) is 141 cm³/mol. The summed E-state index contributed by atoms with van der Waals surface area (Å²) in [5, 5.41) is 6.99. The van der Waals surface area contributed by atoms with E-state index in [9.17, 15) is 18.8 Å². The minimum Gasteiger partial charge on any atom is -0.384 e. The number of aromatic nitrogens is 3. The highest BCUT2D eigenvalue weighted by atomic mass is 19.1. The van der Waals surface area contributed by atoms with Gasteiger partial charge in [-0.3, -0.25) is 24.1 Å². The van der Waals surface area contributed by atoms with E-state index < -0.39 is 35.8 Å². The minimum atomic E-state index is -1.04. The Bertz CT molecular complexity index is 1370. The molecule has 1 saturated heterocycles. The number of carbonyl (C=O) groups is 3. The highest BCUT2D eigenvalue weighted by Crippen LogP contribution is 2.33. The second-order valence-electron chi connectivity index (χ2n) is 9.64. The van der Waals surface area contributed by atoms with Crippen LogP contribution in [0.15, 0.2) is 42.7 Å². The number of nitrogen functional groups attached to an aromatic ring is 1. The van der Waals surface area contributed by atoms with Gasteiger partial charge in [0.15, 0.2) is 0 Å². The number of nitrogens with two attached hydrogens (primary N) is 1. The molecule has 0 aliphatic carbocycles. The van der Waals surface area contributed by atoms with Gasteiger partial charge in [-0.15, -0.1) is 0 Å². The van der Waals surface area contributed by atoms with Crippen LogP contribution < -0.4 is 16.0 Å². The molecule has 10 nitrogen and oxygen atoms in total. The van der Waals surface area contributed by atoms with Crippen molar-refractivity contribution in [2.24, 2.45) is 13.0 Å². The summed E-state index contributed by atoms with van der Waals surface area (Å²) in [4.78, 5) is 46.8. The monoisotopic (exact) mass is 521 g/mol. The number of rotatable bonds is 7. The van der Waals surface area contributed by atoms with Gasteiger partial charge in [-0.1, -0.05) is 19.1 Å². The number of imide groups is 1. The Morgan fingerprint density at radius 2 is 1.87 bits per heavy atom. The fraction of sp³-hybridized carbons (Fsp3) is 0.370. The van der Waals surface area contributed by atoms with Crippen molar-refractivity contribution in [3.05, 3.63) is 70.8 Å². The van der Waals surface area contributed by atoms with Gasteiger partial charge in [0, 0.05) is 26.4 Å².